The molecule has 3 rings (SSSR count). The summed E-state index contributed by atoms with van der Waals surface area (Å²) in [4.78, 5) is 4.42. The summed E-state index contributed by atoms with van der Waals surface area (Å²) < 4.78 is 0. The lowest BCUT2D eigenvalue weighted by Gasteiger charge is -2.17. The third-order valence-electron chi connectivity index (χ3n) is 2.83. The number of nitrogens with zero attached hydrogens (tertiary/aromatic N) is 1. The molecule has 0 saturated carbocycles. The van der Waals surface area contributed by atoms with Crippen LogP contribution in [0.5, 0.6) is 0 Å². The molecule has 0 amide bonds. The fourth-order valence-corrected chi connectivity index (χ4v) is 2.14. The highest BCUT2D eigenvalue weighted by Crippen LogP contribution is 2.31. The highest BCUT2D eigenvalue weighted by atomic mass is 14.7. The molecule has 0 fully saturated rings. The van der Waals surface area contributed by atoms with Crippen LogP contribution >= 0.6 is 0 Å². The maximum Gasteiger partial charge on any atom is 0.0485 e. The van der Waals surface area contributed by atoms with Gasteiger partial charge >= 0.3 is 0 Å². The van der Waals surface area contributed by atoms with Crippen LogP contribution in [0.25, 0.3) is 11.1 Å². The molecule has 0 aliphatic heterocycles. The molecule has 0 unspecified atom stereocenters. The Balaban J connectivity index is 2.29. The second-order valence-electron chi connectivity index (χ2n) is 3.65. The van der Waals surface area contributed by atoms with E-state index < -0.39 is 0 Å². The predicted octanol–water partition coefficient (Wildman–Crippen LogP) is 2.85. The van der Waals surface area contributed by atoms with Crippen LogP contribution < -0.4 is 0 Å². The minimum absolute atomic E-state index is 1.08. The number of rotatable bonds is 0. The van der Waals surface area contributed by atoms with E-state index in [1.165, 1.54) is 22.4 Å². The van der Waals surface area contributed by atoms with Gasteiger partial charge in [0.1, 0.15) is 0 Å². The molecule has 14 heavy (non-hydrogen) atoms. The third-order valence-corrected chi connectivity index (χ3v) is 2.83. The minimum atomic E-state index is 1.08. The van der Waals surface area contributed by atoms with E-state index in [2.05, 4.69) is 35.3 Å². The Bertz CT molecular complexity index is 429. The zero-order valence-electron chi connectivity index (χ0n) is 7.90. The van der Waals surface area contributed by atoms with Crippen molar-refractivity contribution in [3.8, 4) is 11.1 Å². The zero-order chi connectivity index (χ0) is 9.38. The molecule has 1 aromatic heterocycles. The molecular weight excluding hydrogens is 170 g/mol. The molecule has 1 heteroatoms. The van der Waals surface area contributed by atoms with Crippen LogP contribution in [0.1, 0.15) is 11.3 Å². The fraction of sp³-hybridized carbons (Fsp3) is 0.154. The van der Waals surface area contributed by atoms with Crippen molar-refractivity contribution < 1.29 is 0 Å². The molecule has 0 radical (unpaired) electrons. The molecule has 0 bridgehead atoms. The van der Waals surface area contributed by atoms with Gasteiger partial charge in [-0.3, -0.25) is 4.98 Å². The van der Waals surface area contributed by atoms with E-state index in [0.717, 1.165) is 12.8 Å². The molecule has 0 N–H and O–H groups in total. The van der Waals surface area contributed by atoms with Crippen molar-refractivity contribution in [3.05, 3.63) is 53.9 Å². The summed E-state index contributed by atoms with van der Waals surface area (Å²) >= 11 is 0. The fourth-order valence-electron chi connectivity index (χ4n) is 2.14. The van der Waals surface area contributed by atoms with Crippen LogP contribution in [0.3, 0.4) is 0 Å². The van der Waals surface area contributed by atoms with Gasteiger partial charge in [-0.1, -0.05) is 30.3 Å². The monoisotopic (exact) mass is 181 g/mol. The van der Waals surface area contributed by atoms with Crippen LogP contribution in [0.15, 0.2) is 42.6 Å². The van der Waals surface area contributed by atoms with E-state index >= 15 is 0 Å². The molecule has 1 aliphatic carbocycles. The van der Waals surface area contributed by atoms with Crippen LogP contribution in [0.4, 0.5) is 0 Å². The third kappa shape index (κ3) is 1.06. The van der Waals surface area contributed by atoms with E-state index in [1.54, 1.807) is 0 Å². The molecule has 2 aromatic rings. The second-order valence-corrected chi connectivity index (χ2v) is 3.65. The van der Waals surface area contributed by atoms with Gasteiger partial charge in [-0.2, -0.15) is 0 Å². The van der Waals surface area contributed by atoms with E-state index in [4.69, 9.17) is 0 Å². The molecule has 0 atom stereocenters. The quantitative estimate of drug-likeness (QED) is 0.609. The Morgan fingerprint density at radius 1 is 0.857 bits per heavy atom. The smallest absolute Gasteiger partial charge is 0.0485 e. The van der Waals surface area contributed by atoms with Crippen molar-refractivity contribution >= 4 is 0 Å². The van der Waals surface area contributed by atoms with Gasteiger partial charge in [0.2, 0.25) is 0 Å². The molecule has 0 spiro atoms. The second kappa shape index (κ2) is 2.95. The summed E-state index contributed by atoms with van der Waals surface area (Å²) in [6.07, 6.45) is 4.08. The van der Waals surface area contributed by atoms with Crippen LogP contribution in [0, 0.1) is 0 Å². The van der Waals surface area contributed by atoms with Gasteiger partial charge in [0.15, 0.2) is 0 Å². The van der Waals surface area contributed by atoms with Crippen molar-refractivity contribution in [2.75, 3.05) is 0 Å². The van der Waals surface area contributed by atoms with Crippen LogP contribution in [0.2, 0.25) is 0 Å². The lowest BCUT2D eigenvalue weighted by molar-refractivity contribution is 0.896. The highest BCUT2D eigenvalue weighted by Gasteiger charge is 2.14. The van der Waals surface area contributed by atoms with Gasteiger partial charge in [0, 0.05) is 17.5 Å². The van der Waals surface area contributed by atoms with Crippen molar-refractivity contribution in [2.24, 2.45) is 0 Å². The molecule has 0 saturated heterocycles. The van der Waals surface area contributed by atoms with Gasteiger partial charge in [-0.15, -0.1) is 0 Å². The standard InChI is InChI=1S/C13H11N/c1-2-5-11-10(4-1)7-8-13-12(11)6-3-9-14-13/h1-6,9H,7-8H2. The Labute approximate surface area is 83.4 Å². The Morgan fingerprint density at radius 3 is 2.71 bits per heavy atom. The summed E-state index contributed by atoms with van der Waals surface area (Å²) in [6, 6.07) is 12.8. The summed E-state index contributed by atoms with van der Waals surface area (Å²) in [7, 11) is 0. The first-order valence-corrected chi connectivity index (χ1v) is 4.97. The van der Waals surface area contributed by atoms with Crippen molar-refractivity contribution in [2.45, 2.75) is 12.8 Å². The molecule has 1 aliphatic rings. The summed E-state index contributed by atoms with van der Waals surface area (Å²) in [5.74, 6) is 0. The van der Waals surface area contributed by atoms with E-state index in [-0.39, 0.29) is 0 Å². The lowest BCUT2D eigenvalue weighted by Crippen LogP contribution is -2.05. The number of aryl methyl sites for hydroxylation is 2. The van der Waals surface area contributed by atoms with Crippen LogP contribution in [-0.2, 0) is 12.8 Å². The minimum Gasteiger partial charge on any atom is -0.261 e. The maximum atomic E-state index is 4.42. The Morgan fingerprint density at radius 2 is 1.71 bits per heavy atom. The number of hydrogen-bond donors (Lipinski definition) is 0. The topological polar surface area (TPSA) is 12.9 Å². The average molecular weight is 181 g/mol. The summed E-state index contributed by atoms with van der Waals surface area (Å²) in [5.41, 5.74) is 5.37. The number of hydrogen-bond acceptors (Lipinski definition) is 1. The summed E-state index contributed by atoms with van der Waals surface area (Å²) in [5, 5.41) is 0. The lowest BCUT2D eigenvalue weighted by atomic mass is 9.89. The average Bonchev–Trinajstić information content (AvgIpc) is 2.29. The summed E-state index contributed by atoms with van der Waals surface area (Å²) in [6.45, 7) is 0. The number of fused-ring (bicyclic) bond motifs is 3. The normalized spacial score (nSPS) is 13.1. The van der Waals surface area contributed by atoms with Crippen LogP contribution in [-0.4, -0.2) is 4.98 Å². The molecule has 1 heterocycles. The van der Waals surface area contributed by atoms with Crippen molar-refractivity contribution in [3.63, 3.8) is 0 Å². The first-order chi connectivity index (χ1) is 6.95. The molecule has 1 nitrogen and oxygen atoms in total. The number of pyridine rings is 1. The first kappa shape index (κ1) is 7.74. The van der Waals surface area contributed by atoms with Gasteiger partial charge in [0.05, 0.1) is 0 Å². The van der Waals surface area contributed by atoms with Crippen molar-refractivity contribution in [1.82, 2.24) is 4.98 Å². The Hall–Kier alpha value is -1.63. The van der Waals surface area contributed by atoms with E-state index in [1.807, 2.05) is 12.3 Å². The van der Waals surface area contributed by atoms with E-state index in [9.17, 15) is 0 Å². The maximum absolute atomic E-state index is 4.42. The van der Waals surface area contributed by atoms with Gasteiger partial charge < -0.3 is 0 Å². The molecular formula is C13H11N. The largest absolute Gasteiger partial charge is 0.261 e. The van der Waals surface area contributed by atoms with E-state index in [0.29, 0.717) is 0 Å². The molecule has 68 valence electrons. The van der Waals surface area contributed by atoms with Gasteiger partial charge in [0.25, 0.3) is 0 Å². The SMILES string of the molecule is c1ccc2c(c1)CCc1ncccc1-2. The highest BCUT2D eigenvalue weighted by molar-refractivity contribution is 5.71. The predicted molar refractivity (Wildman–Crippen MR) is 57.1 cm³/mol. The number of benzene rings is 1. The van der Waals surface area contributed by atoms with Gasteiger partial charge in [-0.05, 0) is 30.0 Å². The first-order valence-electron chi connectivity index (χ1n) is 4.97. The zero-order valence-corrected chi connectivity index (χ0v) is 7.90. The van der Waals surface area contributed by atoms with Crippen molar-refractivity contribution in [1.29, 1.82) is 0 Å². The molecule has 1 aromatic carbocycles. The number of aromatic nitrogens is 1. The van der Waals surface area contributed by atoms with Gasteiger partial charge in [-0.25, -0.2) is 0 Å². The Kier molecular flexibility index (Phi) is 1.63.